The smallest absolute Gasteiger partial charge is 0.286 e. The lowest BCUT2D eigenvalue weighted by Crippen LogP contribution is -2.49. The largest absolute Gasteiger partial charge is 0.490 e. The number of nitrogens with two attached hydrogens (primary N) is 1. The fraction of sp³-hybridized carbons (Fsp3) is 0.500. The van der Waals surface area contributed by atoms with Crippen LogP contribution in [0.1, 0.15) is 60.5 Å². The summed E-state index contributed by atoms with van der Waals surface area (Å²) >= 11 is 6.41. The number of hydrogen-bond donors (Lipinski definition) is 1. The van der Waals surface area contributed by atoms with Gasteiger partial charge in [0.1, 0.15) is 15.7 Å². The zero-order chi connectivity index (χ0) is 30.8. The van der Waals surface area contributed by atoms with Gasteiger partial charge in [-0.3, -0.25) is 4.79 Å². The number of amides is 1. The van der Waals surface area contributed by atoms with Crippen molar-refractivity contribution < 1.29 is 18.5 Å². The second kappa shape index (κ2) is 13.1. The van der Waals surface area contributed by atoms with Crippen LogP contribution >= 0.6 is 11.6 Å². The first-order valence-electron chi connectivity index (χ1n) is 15.2. The molecule has 1 spiro atoms. The van der Waals surface area contributed by atoms with Crippen LogP contribution in [-0.4, -0.2) is 48.8 Å². The Morgan fingerprint density at radius 3 is 2.81 bits per heavy atom. The third-order valence-electron chi connectivity index (χ3n) is 9.47. The number of carbonyl (C=O) groups is 1. The van der Waals surface area contributed by atoms with Gasteiger partial charge in [0.15, 0.2) is 0 Å². The Bertz CT molecular complexity index is 1500. The monoisotopic (exact) mass is 625 g/mol. The van der Waals surface area contributed by atoms with Gasteiger partial charge in [-0.15, -0.1) is 17.5 Å². The fourth-order valence-corrected chi connectivity index (χ4v) is 8.83. The van der Waals surface area contributed by atoms with Crippen LogP contribution in [-0.2, 0) is 26.5 Å². The van der Waals surface area contributed by atoms with Crippen molar-refractivity contribution in [2.24, 2.45) is 27.3 Å². The van der Waals surface area contributed by atoms with E-state index in [2.05, 4.69) is 34.6 Å². The number of carbonyl (C=O) groups excluding carboxylic acids is 1. The van der Waals surface area contributed by atoms with E-state index in [1.165, 1.54) is 11.1 Å². The maximum atomic E-state index is 13.3. The summed E-state index contributed by atoms with van der Waals surface area (Å²) in [5.41, 5.74) is 3.53. The minimum Gasteiger partial charge on any atom is -0.490 e. The van der Waals surface area contributed by atoms with Crippen LogP contribution in [0.15, 0.2) is 66.1 Å². The number of allylic oxidation sites excluding steroid dienone is 1. The van der Waals surface area contributed by atoms with E-state index in [4.69, 9.17) is 26.2 Å². The molecule has 232 valence electrons. The van der Waals surface area contributed by atoms with Crippen molar-refractivity contribution in [2.75, 3.05) is 37.5 Å². The average Bonchev–Trinajstić information content (AvgIpc) is 3.10. The van der Waals surface area contributed by atoms with Crippen molar-refractivity contribution in [1.29, 1.82) is 0 Å². The lowest BCUT2D eigenvalue weighted by atomic mass is 9.68. The van der Waals surface area contributed by atoms with E-state index < -0.39 is 15.8 Å². The third kappa shape index (κ3) is 6.88. The molecule has 2 aromatic rings. The zero-order valence-electron chi connectivity index (χ0n) is 25.3. The molecule has 0 saturated heterocycles. The lowest BCUT2D eigenvalue weighted by molar-refractivity contribution is 0.0135. The molecule has 1 saturated carbocycles. The van der Waals surface area contributed by atoms with Gasteiger partial charge in [0.05, 0.1) is 18.4 Å². The fourth-order valence-electron chi connectivity index (χ4n) is 7.22. The van der Waals surface area contributed by atoms with Crippen LogP contribution in [0.3, 0.4) is 0 Å². The molecule has 5 rings (SSSR count). The number of halogens is 1. The summed E-state index contributed by atoms with van der Waals surface area (Å²) in [5.74, 6) is 1.06. The van der Waals surface area contributed by atoms with Gasteiger partial charge in [-0.25, -0.2) is 9.35 Å². The maximum Gasteiger partial charge on any atom is 0.286 e. The molecule has 2 N–H and O–H groups in total. The van der Waals surface area contributed by atoms with Gasteiger partial charge >= 0.3 is 0 Å². The van der Waals surface area contributed by atoms with E-state index in [1.54, 1.807) is 19.3 Å². The molecular formula is C34H44ClN3O4S. The molecule has 3 aliphatic rings. The van der Waals surface area contributed by atoms with Crippen molar-refractivity contribution in [3.63, 3.8) is 0 Å². The van der Waals surface area contributed by atoms with Gasteiger partial charge in [-0.1, -0.05) is 36.7 Å². The summed E-state index contributed by atoms with van der Waals surface area (Å²) in [5, 5.41) is 6.78. The molecule has 1 aliphatic heterocycles. The quantitative estimate of drug-likeness (QED) is 0.295. The molecular weight excluding hydrogens is 582 g/mol. The summed E-state index contributed by atoms with van der Waals surface area (Å²) in [4.78, 5) is 15.7. The van der Waals surface area contributed by atoms with Gasteiger partial charge in [0.2, 0.25) is 0 Å². The number of nitrogens with zero attached hydrogens (tertiary/aromatic N) is 2. The van der Waals surface area contributed by atoms with E-state index in [9.17, 15) is 9.00 Å². The highest BCUT2D eigenvalue weighted by molar-refractivity contribution is 7.91. The van der Waals surface area contributed by atoms with Gasteiger partial charge in [-0.2, -0.15) is 0 Å². The summed E-state index contributed by atoms with van der Waals surface area (Å²) in [6.45, 7) is 11.7. The molecule has 1 fully saturated rings. The van der Waals surface area contributed by atoms with Crippen molar-refractivity contribution in [3.05, 3.63) is 83.4 Å². The summed E-state index contributed by atoms with van der Waals surface area (Å²) in [7, 11) is -1.45. The second-order valence-electron chi connectivity index (χ2n) is 12.6. The van der Waals surface area contributed by atoms with E-state index in [-0.39, 0.29) is 23.2 Å². The van der Waals surface area contributed by atoms with Gasteiger partial charge in [0, 0.05) is 42.0 Å². The number of rotatable bonds is 10. The zero-order valence-corrected chi connectivity index (χ0v) is 26.9. The highest BCUT2D eigenvalue weighted by atomic mass is 35.5. The van der Waals surface area contributed by atoms with Gasteiger partial charge in [-0.05, 0) is 97.7 Å². The van der Waals surface area contributed by atoms with E-state index in [0.29, 0.717) is 30.4 Å². The minimum atomic E-state index is -3.19. The third-order valence-corrected chi connectivity index (χ3v) is 11.2. The topological polar surface area (TPSA) is 94.2 Å². The Balaban J connectivity index is 1.51. The molecule has 2 aliphatic carbocycles. The number of benzene rings is 2. The Morgan fingerprint density at radius 1 is 1.30 bits per heavy atom. The Morgan fingerprint density at radius 2 is 2.12 bits per heavy atom. The number of aryl methyl sites for hydroxylation is 1. The predicted octanol–water partition coefficient (Wildman–Crippen LogP) is 6.73. The van der Waals surface area contributed by atoms with Crippen molar-refractivity contribution in [3.8, 4) is 5.75 Å². The Hall–Kier alpha value is -2.65. The predicted molar refractivity (Wildman–Crippen MR) is 175 cm³/mol. The number of ether oxygens (including phenoxy) is 2. The molecule has 9 heteroatoms. The van der Waals surface area contributed by atoms with Crippen molar-refractivity contribution in [1.82, 2.24) is 0 Å². The van der Waals surface area contributed by atoms with Crippen LogP contribution in [0.2, 0.25) is 5.02 Å². The van der Waals surface area contributed by atoms with Crippen LogP contribution in [0, 0.1) is 17.8 Å². The molecule has 1 amide bonds. The van der Waals surface area contributed by atoms with Crippen LogP contribution in [0.4, 0.5) is 5.69 Å². The molecule has 0 unspecified atom stereocenters. The van der Waals surface area contributed by atoms with Crippen LogP contribution in [0.25, 0.3) is 0 Å². The van der Waals surface area contributed by atoms with E-state index in [1.807, 2.05) is 31.2 Å². The number of fused-ring (bicyclic) bond motifs is 3. The Kier molecular flexibility index (Phi) is 9.71. The van der Waals surface area contributed by atoms with Crippen LogP contribution in [0.5, 0.6) is 5.75 Å². The molecule has 7 nitrogen and oxygen atoms in total. The molecule has 0 bridgehead atoms. The molecule has 0 radical (unpaired) electrons. The molecule has 43 heavy (non-hydrogen) atoms. The first-order valence-corrected chi connectivity index (χ1v) is 17.3. The normalized spacial score (nSPS) is 25.5. The number of methoxy groups -OCH3 is 1. The van der Waals surface area contributed by atoms with Crippen LogP contribution < -0.4 is 14.8 Å². The van der Waals surface area contributed by atoms with Crippen molar-refractivity contribution >= 4 is 33.1 Å². The first kappa shape index (κ1) is 31.8. The second-order valence-corrected chi connectivity index (χ2v) is 14.9. The minimum absolute atomic E-state index is 0.000793. The Labute approximate surface area is 261 Å². The average molecular weight is 626 g/mol. The molecule has 1 heterocycles. The summed E-state index contributed by atoms with van der Waals surface area (Å²) in [6.07, 6.45) is 9.53. The van der Waals surface area contributed by atoms with Crippen molar-refractivity contribution in [2.45, 2.75) is 57.0 Å². The van der Waals surface area contributed by atoms with E-state index >= 15 is 0 Å². The summed E-state index contributed by atoms with van der Waals surface area (Å²) in [6, 6.07) is 11.6. The number of hydrogen-bond acceptors (Lipinski definition) is 5. The highest BCUT2D eigenvalue weighted by Gasteiger charge is 2.44. The van der Waals surface area contributed by atoms with Gasteiger partial charge < -0.3 is 14.4 Å². The maximum absolute atomic E-state index is 13.3. The first-order chi connectivity index (χ1) is 20.6. The summed E-state index contributed by atoms with van der Waals surface area (Å²) < 4.78 is 29.4. The standard InChI is InChI=1S/C34H44ClN3O4S/c1-5-8-23(3)20-43(36,40)37-33(39)25-11-15-32-30(18-25)38(19-26-10-13-28(26)31(6-2)41-4)21-34(22-42-32)16-7-9-24-17-27(35)12-14-29(24)34/h5-6,11-12,14-15,17-18,23,26,28,31H,1-2,7-10,13,16,19-22H2,3-4H3,(H2,36,37,39,40)/t23-,26-,28+,31-,34-,43-/m0/s1. The lowest BCUT2D eigenvalue weighted by Gasteiger charge is -2.46. The van der Waals surface area contributed by atoms with E-state index in [0.717, 1.165) is 61.7 Å². The molecule has 2 aromatic carbocycles. The molecule has 6 atom stereocenters. The van der Waals surface area contributed by atoms with Gasteiger partial charge in [0.25, 0.3) is 5.91 Å². The highest BCUT2D eigenvalue weighted by Crippen LogP contribution is 2.47. The number of anilines is 1. The molecule has 0 aromatic heterocycles. The SMILES string of the molecule is C=CC[C@H](C)C[S@@](N)(=O)=NC(=O)c1ccc2c(c1)N(C[C@@H]1CC[C@H]1[C@H](C=C)OC)C[C@@]1(CCCc3cc(Cl)ccc31)CO2.